The second kappa shape index (κ2) is 43.8. The van der Waals surface area contributed by atoms with Gasteiger partial charge in [-0.25, -0.2) is 8.42 Å². The molecule has 3 amide bonds. The number of amides is 3. The van der Waals surface area contributed by atoms with Crippen molar-refractivity contribution < 1.29 is 56.8 Å². The van der Waals surface area contributed by atoms with Gasteiger partial charge in [-0.1, -0.05) is 49.6 Å². The standard InChI is InChI=1S/C25H30O5S.C15H19N.C12H14N2O3.C11H11BrN2O3.C11H12BrNO.C10H10BrNO2.C10H12BrN.C10H12N2O2/c1-15-10-18-6-5-7-21(18)22(24(15)16(2)17-8-9-17)12-20(26)14-31(28,29)23-11-19(13-30-23)25(3,4)27;1-9-8-12-4-3-5-13(12)15(16)14(9)10(2)11-6-7-11;1-7-6-9-4-3-5-10(9)12(14(16)17)11(7)13-8(2)15;1-6(15)13-10-9(12)5-7-3-2-4-8(7)11(10)14(16)17;1-7(14)13-11-6-9-4-2-3-8(9)5-10(11)12;1-6-5-7-3-2-4-8(7)10(9(6)11)12(13)14;1-6-5-7-3-2-4-8(7)10(12)9(6)11;1-6-5-7-3-2-4-8(7)10(9(6)11)12(13)14/h10-11,13,17,27H,2,5-9,12,14H2,1,3-4H3;8,11H,2-7,16H2,1H3;6H,3-5H2,1-2H3,(H,13,15);5H,2-4H2,1H3,(H,13,15);5-6H,2-4H2,1H3,(H,13,14);5H,2-4H2,1H3;5H,2-4,12H2,1H3;5H,2-4,11H2,1H3. The first kappa shape index (κ1) is 103. The Morgan fingerprint density at radius 2 is 0.785 bits per heavy atom. The first-order valence-corrected chi connectivity index (χ1v) is 51.1. The van der Waals surface area contributed by atoms with Crippen LogP contribution in [-0.2, 0) is 144 Å². The lowest BCUT2D eigenvalue weighted by atomic mass is 9.86. The maximum absolute atomic E-state index is 13.0. The van der Waals surface area contributed by atoms with E-state index >= 15 is 0 Å². The predicted octanol–water partition coefficient (Wildman–Crippen LogP) is 23.8. The first-order valence-electron chi connectivity index (χ1n) is 46.2. The van der Waals surface area contributed by atoms with E-state index in [1.54, 1.807) is 20.8 Å². The van der Waals surface area contributed by atoms with Crippen molar-refractivity contribution in [2.24, 2.45) is 11.8 Å². The Bertz CT molecular complexity index is 6270. The molecular weight excluding hydrogens is 2000 g/mol. The number of carbonyl (C=O) groups excluding carboxylic acids is 4. The second-order valence-corrected chi connectivity index (χ2v) is 42.7. The van der Waals surface area contributed by atoms with E-state index in [0.717, 1.165) is 238 Å². The summed E-state index contributed by atoms with van der Waals surface area (Å²) >= 11 is 13.5. The van der Waals surface area contributed by atoms with Gasteiger partial charge in [0.2, 0.25) is 32.7 Å². The van der Waals surface area contributed by atoms with Crippen LogP contribution < -0.4 is 33.2 Å². The minimum atomic E-state index is -3.93. The number of anilines is 6. The highest BCUT2D eigenvalue weighted by molar-refractivity contribution is 9.11. The van der Waals surface area contributed by atoms with E-state index in [2.05, 4.69) is 150 Å². The Morgan fingerprint density at radius 3 is 1.25 bits per heavy atom. The summed E-state index contributed by atoms with van der Waals surface area (Å²) in [6, 6.07) is 20.1. The van der Waals surface area contributed by atoms with Crippen LogP contribution >= 0.6 is 63.7 Å². The van der Waals surface area contributed by atoms with Crippen LogP contribution in [0.3, 0.4) is 0 Å². The minimum Gasteiger partial charge on any atom is -0.453 e. The van der Waals surface area contributed by atoms with E-state index in [1.807, 2.05) is 32.0 Å². The number of nitrogens with two attached hydrogens (primary N) is 3. The summed E-state index contributed by atoms with van der Waals surface area (Å²) in [5.41, 5.74) is 52.0. The molecule has 716 valence electrons. The number of aryl methyl sites for hydroxylation is 15. The molecule has 0 atom stereocenters. The van der Waals surface area contributed by atoms with E-state index in [9.17, 15) is 73.2 Å². The van der Waals surface area contributed by atoms with Crippen LogP contribution in [0, 0.1) is 93.8 Å². The summed E-state index contributed by atoms with van der Waals surface area (Å²) < 4.78 is 34.1. The fourth-order valence-corrected chi connectivity index (χ4v) is 23.2. The zero-order chi connectivity index (χ0) is 98.4. The fourth-order valence-electron chi connectivity index (χ4n) is 20.1. The monoisotopic (exact) mass is 2110 g/mol. The van der Waals surface area contributed by atoms with Gasteiger partial charge in [-0.2, -0.15) is 0 Å². The molecule has 0 spiro atoms. The smallest absolute Gasteiger partial charge is 0.297 e. The maximum atomic E-state index is 13.0. The number of sulfone groups is 1. The molecule has 10 N–H and O–H groups in total. The summed E-state index contributed by atoms with van der Waals surface area (Å²) in [6.07, 6.45) is 30.5. The SMILES string of the molecule is C=C(c1c(C)cc2c(c1CC(=O)CS(=O)(=O)c1cc(C(C)(C)O)co1)CCC2)C1CC1.C=C(c1c(C)cc2c(c1N)CCC2)C1CC1.CC(=O)Nc1c(Br)cc2c(c1[N+](=O)[O-])CCC2.CC(=O)Nc1c(C)cc2c(c1[N+](=O)[O-])CCC2.CC(=O)Nc1cc2c(cc1Br)CCC2.Cc1cc2c(c(N)c1Br)CCC2.Cc1cc2c(c([N+](=O)[O-])c1Br)CCC2.Cc1cc2c(c([N+](=O)[O-])c1N)CCC2. The third-order valence-electron chi connectivity index (χ3n) is 26.8. The van der Waals surface area contributed by atoms with Crippen LogP contribution in [0.15, 0.2) is 107 Å². The van der Waals surface area contributed by atoms with Crippen LogP contribution in [0.4, 0.5) is 56.9 Å². The Hall–Kier alpha value is -10.6. The van der Waals surface area contributed by atoms with Gasteiger partial charge in [0.05, 0.1) is 41.7 Å². The molecule has 10 aliphatic carbocycles. The number of allylic oxidation sites excluding steroid dienone is 2. The summed E-state index contributed by atoms with van der Waals surface area (Å²) in [4.78, 5) is 88.8. The molecule has 0 bridgehead atoms. The number of nitrogen functional groups attached to an aromatic ring is 3. The van der Waals surface area contributed by atoms with Gasteiger partial charge in [-0.3, -0.25) is 59.6 Å². The van der Waals surface area contributed by atoms with Gasteiger partial charge in [-0.15, -0.1) is 0 Å². The number of hydrogen-bond donors (Lipinski definition) is 7. The minimum absolute atomic E-state index is 0.0244. The van der Waals surface area contributed by atoms with Crippen molar-refractivity contribution in [3.05, 3.63) is 283 Å². The lowest BCUT2D eigenvalue weighted by molar-refractivity contribution is -0.386. The van der Waals surface area contributed by atoms with Crippen molar-refractivity contribution in [2.75, 3.05) is 38.9 Å². The summed E-state index contributed by atoms with van der Waals surface area (Å²) in [5, 5.41) is 61.8. The number of Topliss-reactive ketones (excluding diaryl/α,β-unsaturated/α-hetero) is 1. The third-order valence-corrected chi connectivity index (χ3v) is 31.7. The molecule has 0 aliphatic heterocycles. The molecule has 0 radical (unpaired) electrons. The van der Waals surface area contributed by atoms with Gasteiger partial charge in [0, 0.05) is 91.4 Å². The number of furan rings is 1. The van der Waals surface area contributed by atoms with Gasteiger partial charge in [0.1, 0.15) is 22.8 Å². The van der Waals surface area contributed by atoms with Crippen molar-refractivity contribution >= 4 is 165 Å². The van der Waals surface area contributed by atoms with E-state index < -0.39 is 26.1 Å². The highest BCUT2D eigenvalue weighted by Crippen LogP contribution is 2.50. The molecule has 31 heteroatoms. The molecular formula is C104H120Br4N10O16S. The molecule has 19 rings (SSSR count). The predicted molar refractivity (Wildman–Crippen MR) is 548 cm³/mol. The summed E-state index contributed by atoms with van der Waals surface area (Å²) in [6.45, 7) is 27.7. The number of halogens is 4. The number of ketones is 1. The molecule has 2 fully saturated rings. The van der Waals surface area contributed by atoms with Crippen LogP contribution in [0.1, 0.15) is 256 Å². The molecule has 0 unspecified atom stereocenters. The van der Waals surface area contributed by atoms with Crippen LogP contribution in [0.25, 0.3) is 11.1 Å². The Kier molecular flexibility index (Phi) is 33.6. The lowest BCUT2D eigenvalue weighted by Gasteiger charge is -2.19. The Labute approximate surface area is 822 Å². The zero-order valence-electron chi connectivity index (χ0n) is 78.6. The number of rotatable bonds is 17. The van der Waals surface area contributed by atoms with Gasteiger partial charge in [0.25, 0.3) is 22.7 Å². The number of nitro benzene ring substituents is 4. The van der Waals surface area contributed by atoms with Gasteiger partial charge in [-0.05, 0) is 451 Å². The number of hydrogen-bond acceptors (Lipinski definition) is 19. The molecule has 2 saturated carbocycles. The van der Waals surface area contributed by atoms with Gasteiger partial charge < -0.3 is 42.7 Å². The second-order valence-electron chi connectivity index (χ2n) is 37.5. The van der Waals surface area contributed by atoms with E-state index in [4.69, 9.17) is 21.6 Å². The number of benzene rings is 8. The molecule has 9 aromatic rings. The third kappa shape index (κ3) is 24.3. The highest BCUT2D eigenvalue weighted by Gasteiger charge is 2.37. The number of fused-ring (bicyclic) bond motifs is 8. The zero-order valence-corrected chi connectivity index (χ0v) is 85.8. The first-order chi connectivity index (χ1) is 63.7. The molecule has 8 aromatic carbocycles. The summed E-state index contributed by atoms with van der Waals surface area (Å²) in [5.74, 6) is -0.418. The number of carbonyl (C=O) groups is 4. The Balaban J connectivity index is 0.000000142. The van der Waals surface area contributed by atoms with E-state index in [0.29, 0.717) is 44.1 Å². The molecule has 26 nitrogen and oxygen atoms in total. The highest BCUT2D eigenvalue weighted by atomic mass is 79.9. The lowest BCUT2D eigenvalue weighted by Crippen LogP contribution is -2.20. The number of aliphatic hydroxyl groups is 1. The van der Waals surface area contributed by atoms with Crippen LogP contribution in [0.5, 0.6) is 0 Å². The van der Waals surface area contributed by atoms with Crippen molar-refractivity contribution in [3.8, 4) is 0 Å². The van der Waals surface area contributed by atoms with E-state index in [-0.39, 0.29) is 78.2 Å². The largest absolute Gasteiger partial charge is 0.453 e. The molecule has 10 aliphatic rings. The van der Waals surface area contributed by atoms with Crippen molar-refractivity contribution in [1.82, 2.24) is 0 Å². The van der Waals surface area contributed by atoms with Crippen molar-refractivity contribution in [3.63, 3.8) is 0 Å². The topological polar surface area (TPSA) is 422 Å². The quantitative estimate of drug-likeness (QED) is 0.0253. The molecule has 135 heavy (non-hydrogen) atoms. The van der Waals surface area contributed by atoms with Crippen molar-refractivity contribution in [2.45, 2.75) is 273 Å². The molecule has 1 aromatic heterocycles. The number of nitrogens with one attached hydrogen (secondary N) is 3. The normalized spacial score (nSPS) is 15.0. The fraction of sp³-hybridized carbons (Fsp3) is 0.423. The van der Waals surface area contributed by atoms with Gasteiger partial charge in [0.15, 0.2) is 5.78 Å². The number of nitro groups is 4. The molecule has 0 saturated heterocycles. The molecule has 1 heterocycles. The summed E-state index contributed by atoms with van der Waals surface area (Å²) in [7, 11) is -3.93. The van der Waals surface area contributed by atoms with Crippen LogP contribution in [0.2, 0.25) is 0 Å². The number of nitrogens with zero attached hydrogens (tertiary/aromatic N) is 4. The Morgan fingerprint density at radius 1 is 0.430 bits per heavy atom. The van der Waals surface area contributed by atoms with Gasteiger partial charge >= 0.3 is 0 Å². The average molecular weight is 2120 g/mol. The average Bonchev–Trinajstić information content (AvgIpc) is 1.65. The maximum Gasteiger partial charge on any atom is 0.297 e. The van der Waals surface area contributed by atoms with Crippen LogP contribution in [-0.4, -0.2) is 62.5 Å². The van der Waals surface area contributed by atoms with Crippen molar-refractivity contribution in [1.29, 1.82) is 0 Å². The van der Waals surface area contributed by atoms with E-state index in [1.165, 1.54) is 145 Å².